The van der Waals surface area contributed by atoms with Gasteiger partial charge >= 0.3 is 5.97 Å². The Bertz CT molecular complexity index is 2170. The summed E-state index contributed by atoms with van der Waals surface area (Å²) in [7, 11) is 0. The molecule has 0 amide bonds. The zero-order chi connectivity index (χ0) is 37.2. The van der Waals surface area contributed by atoms with Crippen LogP contribution in [0.2, 0.25) is 0 Å². The number of carbonyl (C=O) groups is 1. The van der Waals surface area contributed by atoms with E-state index in [0.29, 0.717) is 5.56 Å². The number of hydrogen-bond acceptors (Lipinski definition) is 5. The molecule has 0 aliphatic rings. The van der Waals surface area contributed by atoms with Crippen LogP contribution in [0.3, 0.4) is 0 Å². The minimum Gasteiger partial charge on any atom is -0.477 e. The summed E-state index contributed by atoms with van der Waals surface area (Å²) in [5, 5.41) is 18.5. The number of benzene rings is 5. The van der Waals surface area contributed by atoms with Gasteiger partial charge in [-0.05, 0) is 94.3 Å². The third-order valence-corrected chi connectivity index (χ3v) is 10.5. The number of unbranched alkanes of at least 4 members (excludes halogenated alkanes) is 6. The van der Waals surface area contributed by atoms with Gasteiger partial charge in [0.2, 0.25) is 0 Å². The molecule has 0 unspecified atom stereocenters. The molecule has 0 aliphatic carbocycles. The van der Waals surface area contributed by atoms with E-state index in [0.717, 1.165) is 46.1 Å². The maximum Gasteiger partial charge on any atom is 0.346 e. The summed E-state index contributed by atoms with van der Waals surface area (Å²) in [4.78, 5) is 11.4. The number of carboxylic acid groups (broad SMARTS) is 1. The van der Waals surface area contributed by atoms with Gasteiger partial charge in [0.05, 0.1) is 11.7 Å². The quantitative estimate of drug-likeness (QED) is 0.0612. The molecule has 0 aliphatic heterocycles. The van der Waals surface area contributed by atoms with E-state index in [9.17, 15) is 15.2 Å². The van der Waals surface area contributed by atoms with Gasteiger partial charge in [-0.15, -0.1) is 0 Å². The van der Waals surface area contributed by atoms with Crippen LogP contribution in [0.25, 0.3) is 61.6 Å². The molecule has 268 valence electrons. The Hall–Kier alpha value is -5.38. The van der Waals surface area contributed by atoms with Crippen LogP contribution in [-0.2, 0) is 17.6 Å². The molecule has 0 saturated carbocycles. The van der Waals surface area contributed by atoms with E-state index < -0.39 is 5.97 Å². The predicted molar refractivity (Wildman–Crippen MR) is 221 cm³/mol. The van der Waals surface area contributed by atoms with Crippen molar-refractivity contribution in [3.05, 3.63) is 125 Å². The lowest BCUT2D eigenvalue weighted by atomic mass is 9.84. The molecular formula is C47H47N3O2S. The second-order valence-electron chi connectivity index (χ2n) is 14.0. The van der Waals surface area contributed by atoms with Crippen LogP contribution < -0.4 is 0 Å². The molecule has 5 nitrogen and oxygen atoms in total. The van der Waals surface area contributed by atoms with E-state index in [2.05, 4.69) is 93.6 Å². The molecule has 1 heterocycles. The van der Waals surface area contributed by atoms with Crippen molar-refractivity contribution in [3.63, 3.8) is 0 Å². The van der Waals surface area contributed by atoms with Crippen molar-refractivity contribution in [1.82, 2.24) is 8.75 Å². The Morgan fingerprint density at radius 1 is 0.660 bits per heavy atom. The number of hydrogen-bond donors (Lipinski definition) is 1. The van der Waals surface area contributed by atoms with Gasteiger partial charge in [-0.2, -0.15) is 14.0 Å². The number of aromatic nitrogens is 2. The van der Waals surface area contributed by atoms with Crippen molar-refractivity contribution in [2.75, 3.05) is 0 Å². The summed E-state index contributed by atoms with van der Waals surface area (Å²) in [6.45, 7) is 6.68. The molecule has 1 N–H and O–H groups in total. The summed E-state index contributed by atoms with van der Waals surface area (Å²) in [6.07, 6.45) is 13.6. The fraction of sp³-hybridized carbons (Fsp3) is 0.277. The molecule has 6 heteroatoms. The van der Waals surface area contributed by atoms with Crippen molar-refractivity contribution < 1.29 is 9.90 Å². The highest BCUT2D eigenvalue weighted by molar-refractivity contribution is 7.00. The van der Waals surface area contributed by atoms with Gasteiger partial charge in [0.25, 0.3) is 0 Å². The van der Waals surface area contributed by atoms with E-state index in [1.165, 1.54) is 108 Å². The number of rotatable bonds is 16. The molecule has 0 atom stereocenters. The maximum atomic E-state index is 11.4. The minimum atomic E-state index is -1.24. The van der Waals surface area contributed by atoms with E-state index in [4.69, 9.17) is 8.75 Å². The number of aliphatic carboxylic acids is 1. The SMILES string of the molecule is CCCCCCc1ccc(-c2cc(C)cc(-c3ccc(CCCCCC)cc3)c2-c2ccc(-c3ccc(/C=C(\C#N)C(=O)O)cc3)c3nsnc23)cc1. The van der Waals surface area contributed by atoms with Crippen LogP contribution in [0.1, 0.15) is 87.5 Å². The van der Waals surface area contributed by atoms with Gasteiger partial charge in [-0.1, -0.05) is 149 Å². The molecule has 0 bridgehead atoms. The number of nitriles is 1. The van der Waals surface area contributed by atoms with Crippen LogP contribution in [0.5, 0.6) is 0 Å². The van der Waals surface area contributed by atoms with Crippen LogP contribution >= 0.6 is 11.7 Å². The Morgan fingerprint density at radius 2 is 1.13 bits per heavy atom. The van der Waals surface area contributed by atoms with Gasteiger partial charge in [0.15, 0.2) is 0 Å². The summed E-state index contributed by atoms with van der Waals surface area (Å²) in [6, 6.07) is 36.4. The summed E-state index contributed by atoms with van der Waals surface area (Å²) in [5.74, 6) is -1.24. The summed E-state index contributed by atoms with van der Waals surface area (Å²) < 4.78 is 9.72. The third kappa shape index (κ3) is 8.99. The van der Waals surface area contributed by atoms with Crippen LogP contribution in [0.4, 0.5) is 0 Å². The number of aryl methyl sites for hydroxylation is 3. The van der Waals surface area contributed by atoms with Gasteiger partial charge in [-0.25, -0.2) is 4.79 Å². The zero-order valence-corrected chi connectivity index (χ0v) is 31.8. The smallest absolute Gasteiger partial charge is 0.346 e. The molecule has 0 saturated heterocycles. The Labute approximate surface area is 318 Å². The van der Waals surface area contributed by atoms with E-state index in [-0.39, 0.29) is 5.57 Å². The largest absolute Gasteiger partial charge is 0.477 e. The Morgan fingerprint density at radius 3 is 1.62 bits per heavy atom. The number of nitrogens with zero attached hydrogens (tertiary/aromatic N) is 3. The lowest BCUT2D eigenvalue weighted by Crippen LogP contribution is -1.97. The summed E-state index contributed by atoms with van der Waals surface area (Å²) in [5.41, 5.74) is 14.7. The zero-order valence-electron chi connectivity index (χ0n) is 31.0. The van der Waals surface area contributed by atoms with Crippen molar-refractivity contribution in [2.24, 2.45) is 0 Å². The second kappa shape index (κ2) is 17.9. The molecule has 53 heavy (non-hydrogen) atoms. The van der Waals surface area contributed by atoms with Gasteiger partial charge < -0.3 is 5.11 Å². The molecule has 6 aromatic rings. The lowest BCUT2D eigenvalue weighted by molar-refractivity contribution is -0.132. The van der Waals surface area contributed by atoms with E-state index in [1.807, 2.05) is 24.3 Å². The molecule has 0 spiro atoms. The predicted octanol–water partition coefficient (Wildman–Crippen LogP) is 12.9. The van der Waals surface area contributed by atoms with Crippen LogP contribution in [-0.4, -0.2) is 19.8 Å². The Balaban J connectivity index is 1.45. The average Bonchev–Trinajstić information content (AvgIpc) is 3.68. The molecule has 1 aromatic heterocycles. The van der Waals surface area contributed by atoms with Crippen molar-refractivity contribution >= 4 is 34.8 Å². The first-order valence-corrected chi connectivity index (χ1v) is 19.7. The fourth-order valence-electron chi connectivity index (χ4n) is 7.11. The number of carboxylic acids is 1. The highest BCUT2D eigenvalue weighted by atomic mass is 32.1. The van der Waals surface area contributed by atoms with Crippen LogP contribution in [0, 0.1) is 18.3 Å². The van der Waals surface area contributed by atoms with Crippen LogP contribution in [0.15, 0.2) is 103 Å². The normalized spacial score (nSPS) is 11.5. The Kier molecular flexibility index (Phi) is 12.6. The first-order chi connectivity index (χ1) is 25.9. The molecular weight excluding hydrogens is 671 g/mol. The van der Waals surface area contributed by atoms with Crippen molar-refractivity contribution in [2.45, 2.75) is 85.0 Å². The minimum absolute atomic E-state index is 0.305. The molecule has 6 rings (SSSR count). The highest BCUT2D eigenvalue weighted by Crippen LogP contribution is 2.45. The standard InChI is InChI=1S/C47H47N3O2S/c1-4-6-8-10-12-33-14-20-37(21-15-33)42-28-32(3)29-43(38-22-16-34(17-23-38)13-11-9-7-5-2)44(42)41-27-26-40(45-46(41)50-53-49-45)36-24-18-35(19-25-36)30-39(31-48)47(51)52/h14-30H,4-13H2,1-3H3,(H,51,52)/b39-30+. The molecule has 5 aromatic carbocycles. The summed E-state index contributed by atoms with van der Waals surface area (Å²) >= 11 is 1.21. The maximum absolute atomic E-state index is 11.4. The molecule has 0 fully saturated rings. The highest BCUT2D eigenvalue weighted by Gasteiger charge is 2.21. The topological polar surface area (TPSA) is 86.9 Å². The molecule has 0 radical (unpaired) electrons. The second-order valence-corrected chi connectivity index (χ2v) is 14.5. The first-order valence-electron chi connectivity index (χ1n) is 18.9. The van der Waals surface area contributed by atoms with Gasteiger partial charge in [0.1, 0.15) is 22.7 Å². The van der Waals surface area contributed by atoms with Crippen molar-refractivity contribution in [1.29, 1.82) is 5.26 Å². The third-order valence-electron chi connectivity index (χ3n) is 10.0. The fourth-order valence-corrected chi connectivity index (χ4v) is 7.69. The van der Waals surface area contributed by atoms with E-state index >= 15 is 0 Å². The average molecular weight is 718 g/mol. The lowest BCUT2D eigenvalue weighted by Gasteiger charge is -2.19. The van der Waals surface area contributed by atoms with E-state index in [1.54, 1.807) is 6.07 Å². The number of fused-ring (bicyclic) bond motifs is 1. The monoisotopic (exact) mass is 717 g/mol. The van der Waals surface area contributed by atoms with Gasteiger partial charge in [-0.3, -0.25) is 0 Å². The van der Waals surface area contributed by atoms with Gasteiger partial charge in [0, 0.05) is 11.1 Å². The van der Waals surface area contributed by atoms with Crippen molar-refractivity contribution in [3.8, 4) is 50.6 Å². The first kappa shape index (κ1) is 37.4.